The van der Waals surface area contributed by atoms with Crippen molar-refractivity contribution in [1.82, 2.24) is 4.90 Å². The predicted octanol–water partition coefficient (Wildman–Crippen LogP) is 3.31. The summed E-state index contributed by atoms with van der Waals surface area (Å²) in [5.74, 6) is -0.312. The summed E-state index contributed by atoms with van der Waals surface area (Å²) in [5.41, 5.74) is -0.807. The van der Waals surface area contributed by atoms with Crippen molar-refractivity contribution in [1.29, 1.82) is 0 Å². The van der Waals surface area contributed by atoms with Gasteiger partial charge in [0.2, 0.25) is 5.91 Å². The van der Waals surface area contributed by atoms with Gasteiger partial charge >= 0.3 is 5.97 Å². The van der Waals surface area contributed by atoms with Crippen molar-refractivity contribution in [2.75, 3.05) is 13.1 Å². The van der Waals surface area contributed by atoms with Gasteiger partial charge in [0.1, 0.15) is 0 Å². The van der Waals surface area contributed by atoms with Crippen LogP contribution in [-0.4, -0.2) is 35.0 Å². The van der Waals surface area contributed by atoms with Crippen LogP contribution in [0.2, 0.25) is 0 Å². The maximum atomic E-state index is 12.5. The second-order valence-corrected chi connectivity index (χ2v) is 6.27. The Morgan fingerprint density at radius 2 is 1.80 bits per heavy atom. The molecule has 1 fully saturated rings. The van der Waals surface area contributed by atoms with E-state index in [-0.39, 0.29) is 12.3 Å². The fraction of sp³-hybridized carbons (Fsp3) is 0.875. The minimum Gasteiger partial charge on any atom is -0.481 e. The average Bonchev–Trinajstić information content (AvgIpc) is 2.45. The van der Waals surface area contributed by atoms with Gasteiger partial charge in [0.25, 0.3) is 0 Å². The molecule has 4 nitrogen and oxygen atoms in total. The SMILES string of the molecule is CCC(C)CN(CC)C(=O)CC1(C(=O)O)CCCCC1. The minimum absolute atomic E-state index is 0.0112. The summed E-state index contributed by atoms with van der Waals surface area (Å²) in [7, 11) is 0. The lowest BCUT2D eigenvalue weighted by atomic mass is 9.71. The summed E-state index contributed by atoms with van der Waals surface area (Å²) in [6.45, 7) is 7.61. The third kappa shape index (κ3) is 4.22. The van der Waals surface area contributed by atoms with Crippen molar-refractivity contribution in [3.63, 3.8) is 0 Å². The molecule has 1 atom stereocenters. The van der Waals surface area contributed by atoms with Crippen LogP contribution in [0.5, 0.6) is 0 Å². The van der Waals surface area contributed by atoms with Crippen LogP contribution in [-0.2, 0) is 9.59 Å². The topological polar surface area (TPSA) is 57.6 Å². The Bertz CT molecular complexity index is 335. The summed E-state index contributed by atoms with van der Waals surface area (Å²) in [6.07, 6.45) is 5.45. The van der Waals surface area contributed by atoms with Gasteiger partial charge in [-0.2, -0.15) is 0 Å². The first-order valence-corrected chi connectivity index (χ1v) is 7.96. The van der Waals surface area contributed by atoms with Crippen LogP contribution >= 0.6 is 0 Å². The van der Waals surface area contributed by atoms with Gasteiger partial charge in [-0.1, -0.05) is 39.5 Å². The number of carbonyl (C=O) groups is 2. The van der Waals surface area contributed by atoms with E-state index in [0.29, 0.717) is 25.3 Å². The van der Waals surface area contributed by atoms with Crippen LogP contribution in [0.25, 0.3) is 0 Å². The zero-order valence-corrected chi connectivity index (χ0v) is 13.2. The fourth-order valence-electron chi connectivity index (χ4n) is 3.01. The first-order chi connectivity index (χ1) is 9.45. The van der Waals surface area contributed by atoms with Crippen LogP contribution in [0.1, 0.15) is 65.7 Å². The van der Waals surface area contributed by atoms with E-state index in [0.717, 1.165) is 32.2 Å². The molecule has 0 spiro atoms. The number of carboxylic acids is 1. The third-order valence-electron chi connectivity index (χ3n) is 4.72. The van der Waals surface area contributed by atoms with Crippen molar-refractivity contribution in [2.24, 2.45) is 11.3 Å². The summed E-state index contributed by atoms with van der Waals surface area (Å²) in [5, 5.41) is 9.55. The third-order valence-corrected chi connectivity index (χ3v) is 4.72. The molecule has 0 aromatic carbocycles. The number of rotatable bonds is 7. The summed E-state index contributed by atoms with van der Waals surface area (Å²) in [6, 6.07) is 0. The van der Waals surface area contributed by atoms with Crippen LogP contribution in [0.3, 0.4) is 0 Å². The van der Waals surface area contributed by atoms with Gasteiger partial charge in [0, 0.05) is 19.5 Å². The smallest absolute Gasteiger partial charge is 0.310 e. The molecule has 4 heteroatoms. The van der Waals surface area contributed by atoms with E-state index >= 15 is 0 Å². The first kappa shape index (κ1) is 17.0. The van der Waals surface area contributed by atoms with Crippen LogP contribution in [0, 0.1) is 11.3 Å². The molecule has 1 amide bonds. The van der Waals surface area contributed by atoms with E-state index in [9.17, 15) is 14.7 Å². The Hall–Kier alpha value is -1.06. The van der Waals surface area contributed by atoms with Crippen molar-refractivity contribution in [3.05, 3.63) is 0 Å². The zero-order valence-electron chi connectivity index (χ0n) is 13.2. The van der Waals surface area contributed by atoms with E-state index in [2.05, 4.69) is 13.8 Å². The lowest BCUT2D eigenvalue weighted by molar-refractivity contribution is -0.156. The highest BCUT2D eigenvalue weighted by atomic mass is 16.4. The summed E-state index contributed by atoms with van der Waals surface area (Å²) >= 11 is 0. The van der Waals surface area contributed by atoms with Gasteiger partial charge in [0.15, 0.2) is 0 Å². The number of hydrogen-bond acceptors (Lipinski definition) is 2. The van der Waals surface area contributed by atoms with E-state index in [1.54, 1.807) is 0 Å². The van der Waals surface area contributed by atoms with Gasteiger partial charge in [-0.15, -0.1) is 0 Å². The lowest BCUT2D eigenvalue weighted by Crippen LogP contribution is -2.42. The molecule has 0 aromatic rings. The number of carbonyl (C=O) groups excluding carboxylic acids is 1. The van der Waals surface area contributed by atoms with Crippen LogP contribution in [0.4, 0.5) is 0 Å². The van der Waals surface area contributed by atoms with Gasteiger partial charge in [-0.25, -0.2) is 0 Å². The van der Waals surface area contributed by atoms with Crippen molar-refractivity contribution < 1.29 is 14.7 Å². The van der Waals surface area contributed by atoms with Crippen molar-refractivity contribution >= 4 is 11.9 Å². The highest BCUT2D eigenvalue weighted by Gasteiger charge is 2.42. The molecule has 0 heterocycles. The normalized spacial score (nSPS) is 19.4. The number of aliphatic carboxylic acids is 1. The molecular weight excluding hydrogens is 254 g/mol. The van der Waals surface area contributed by atoms with Gasteiger partial charge in [-0.05, 0) is 25.7 Å². The molecule has 0 aliphatic heterocycles. The highest BCUT2D eigenvalue weighted by Crippen LogP contribution is 2.40. The molecule has 116 valence electrons. The molecule has 0 bridgehead atoms. The maximum Gasteiger partial charge on any atom is 0.310 e. The number of hydrogen-bond donors (Lipinski definition) is 1. The van der Waals surface area contributed by atoms with Gasteiger partial charge in [0.05, 0.1) is 5.41 Å². The number of amides is 1. The molecule has 1 unspecified atom stereocenters. The van der Waals surface area contributed by atoms with E-state index in [4.69, 9.17) is 0 Å². The average molecular weight is 283 g/mol. The monoisotopic (exact) mass is 283 g/mol. The molecule has 20 heavy (non-hydrogen) atoms. The molecular formula is C16H29NO3. The van der Waals surface area contributed by atoms with E-state index in [1.807, 2.05) is 11.8 Å². The quantitative estimate of drug-likeness (QED) is 0.780. The standard InChI is InChI=1S/C16H29NO3/c1-4-13(3)12-17(5-2)14(18)11-16(15(19)20)9-7-6-8-10-16/h13H,4-12H2,1-3H3,(H,19,20). The molecule has 1 N–H and O–H groups in total. The van der Waals surface area contributed by atoms with Gasteiger partial charge in [-0.3, -0.25) is 9.59 Å². The Labute approximate surface area is 122 Å². The first-order valence-electron chi connectivity index (χ1n) is 7.96. The Morgan fingerprint density at radius 1 is 1.20 bits per heavy atom. The Balaban J connectivity index is 2.71. The predicted molar refractivity (Wildman–Crippen MR) is 79.5 cm³/mol. The molecule has 0 radical (unpaired) electrons. The second-order valence-electron chi connectivity index (χ2n) is 6.27. The largest absolute Gasteiger partial charge is 0.481 e. The molecule has 1 aliphatic carbocycles. The maximum absolute atomic E-state index is 12.5. The number of nitrogens with zero attached hydrogens (tertiary/aromatic N) is 1. The van der Waals surface area contributed by atoms with Crippen molar-refractivity contribution in [2.45, 2.75) is 65.7 Å². The minimum atomic E-state index is -0.807. The van der Waals surface area contributed by atoms with Crippen molar-refractivity contribution in [3.8, 4) is 0 Å². The summed E-state index contributed by atoms with van der Waals surface area (Å²) in [4.78, 5) is 25.9. The highest BCUT2D eigenvalue weighted by molar-refractivity contribution is 5.85. The van der Waals surface area contributed by atoms with E-state index < -0.39 is 11.4 Å². The van der Waals surface area contributed by atoms with E-state index in [1.165, 1.54) is 0 Å². The lowest BCUT2D eigenvalue weighted by Gasteiger charge is -2.35. The molecule has 0 saturated heterocycles. The second kappa shape index (κ2) is 7.65. The summed E-state index contributed by atoms with van der Waals surface area (Å²) < 4.78 is 0. The molecule has 1 saturated carbocycles. The van der Waals surface area contributed by atoms with Crippen LogP contribution < -0.4 is 0 Å². The Morgan fingerprint density at radius 3 is 2.25 bits per heavy atom. The Kier molecular flexibility index (Phi) is 6.50. The molecule has 1 aliphatic rings. The molecule has 1 rings (SSSR count). The van der Waals surface area contributed by atoms with Crippen LogP contribution in [0.15, 0.2) is 0 Å². The zero-order chi connectivity index (χ0) is 15.2. The van der Waals surface area contributed by atoms with Gasteiger partial charge < -0.3 is 10.0 Å². The molecule has 0 aromatic heterocycles. The fourth-order valence-corrected chi connectivity index (χ4v) is 3.01. The number of carboxylic acid groups (broad SMARTS) is 1.